The van der Waals surface area contributed by atoms with E-state index in [1.807, 2.05) is 11.0 Å². The van der Waals surface area contributed by atoms with Crippen LogP contribution in [0.2, 0.25) is 0 Å². The lowest BCUT2D eigenvalue weighted by molar-refractivity contribution is -0.144. The average Bonchev–Trinajstić information content (AvgIpc) is 3.78. The largest absolute Gasteiger partial charge is 0.508 e. The minimum atomic E-state index is -0.345. The van der Waals surface area contributed by atoms with E-state index < -0.39 is 0 Å². The second-order valence-corrected chi connectivity index (χ2v) is 12.7. The van der Waals surface area contributed by atoms with Crippen LogP contribution in [0.25, 0.3) is 0 Å². The molecule has 2 amide bonds. The van der Waals surface area contributed by atoms with E-state index >= 15 is 0 Å². The standard InChI is InChI=1S/C31H37N3O3/c1-19-13-21(22-3-4-24-15-25(35)7-5-23(24)14-22)6-8-26(19)27-32-31(11-12-31)29(37)34(27)18-20-16-33(17-20)28(36)30(2)9-10-30/h3-5,7,13,15,20,23,27,32,35H,6,8-12,14,16-18H2,1-2H3. The van der Waals surface area contributed by atoms with Gasteiger partial charge in [-0.05, 0) is 91.9 Å². The second-order valence-electron chi connectivity index (χ2n) is 12.7. The lowest BCUT2D eigenvalue weighted by Crippen LogP contribution is -2.57. The molecular formula is C31H37N3O3. The first-order valence-electron chi connectivity index (χ1n) is 14.0. The molecule has 6 heteroatoms. The van der Waals surface area contributed by atoms with Crippen LogP contribution in [-0.2, 0) is 9.59 Å². The number of fused-ring (bicyclic) bond motifs is 1. The van der Waals surface area contributed by atoms with Gasteiger partial charge in [-0.1, -0.05) is 31.2 Å². The van der Waals surface area contributed by atoms with E-state index in [4.69, 9.17) is 0 Å². The molecule has 7 rings (SSSR count). The maximum absolute atomic E-state index is 13.5. The summed E-state index contributed by atoms with van der Waals surface area (Å²) in [6.45, 7) is 6.58. The minimum Gasteiger partial charge on any atom is -0.508 e. The van der Waals surface area contributed by atoms with E-state index in [2.05, 4.69) is 48.4 Å². The Morgan fingerprint density at radius 1 is 1.11 bits per heavy atom. The number of nitrogens with one attached hydrogen (secondary N) is 1. The molecule has 1 spiro atoms. The van der Waals surface area contributed by atoms with Gasteiger partial charge < -0.3 is 14.9 Å². The third kappa shape index (κ3) is 3.87. The molecule has 2 N–H and O–H groups in total. The second kappa shape index (κ2) is 8.07. The minimum absolute atomic E-state index is 0.0280. The summed E-state index contributed by atoms with van der Waals surface area (Å²) >= 11 is 0. The summed E-state index contributed by atoms with van der Waals surface area (Å²) in [7, 11) is 0. The van der Waals surface area contributed by atoms with Gasteiger partial charge in [0.05, 0.1) is 0 Å². The third-order valence-electron chi connectivity index (χ3n) is 9.82. The molecule has 0 bridgehead atoms. The van der Waals surface area contributed by atoms with E-state index in [1.54, 1.807) is 6.08 Å². The van der Waals surface area contributed by atoms with Crippen molar-refractivity contribution in [2.24, 2.45) is 17.3 Å². The Balaban J connectivity index is 1.08. The highest BCUT2D eigenvalue weighted by atomic mass is 16.3. The van der Waals surface area contributed by atoms with Gasteiger partial charge in [0, 0.05) is 36.9 Å². The first kappa shape index (κ1) is 23.3. The van der Waals surface area contributed by atoms with Crippen molar-refractivity contribution in [3.63, 3.8) is 0 Å². The van der Waals surface area contributed by atoms with Crippen LogP contribution >= 0.6 is 0 Å². The predicted molar refractivity (Wildman–Crippen MR) is 142 cm³/mol. The number of likely N-dealkylation sites (tertiary alicyclic amines) is 1. The molecule has 4 fully saturated rings. The van der Waals surface area contributed by atoms with Gasteiger partial charge in [0.15, 0.2) is 0 Å². The smallest absolute Gasteiger partial charge is 0.244 e. The van der Waals surface area contributed by atoms with Gasteiger partial charge in [0.1, 0.15) is 17.5 Å². The lowest BCUT2D eigenvalue weighted by atomic mass is 9.78. The van der Waals surface area contributed by atoms with Crippen LogP contribution in [0.15, 0.2) is 70.1 Å². The molecule has 0 radical (unpaired) electrons. The zero-order chi connectivity index (χ0) is 25.5. The van der Waals surface area contributed by atoms with Gasteiger partial charge in [-0.2, -0.15) is 0 Å². The Kier molecular flexibility index (Phi) is 5.07. The number of aliphatic hydroxyl groups excluding tert-OH is 1. The third-order valence-corrected chi connectivity index (χ3v) is 9.82. The Bertz CT molecular complexity index is 1260. The van der Waals surface area contributed by atoms with Crippen molar-refractivity contribution in [1.82, 2.24) is 15.1 Å². The molecule has 0 aromatic rings. The molecule has 2 heterocycles. The molecule has 2 saturated carbocycles. The molecule has 2 atom stereocenters. The average molecular weight is 500 g/mol. The van der Waals surface area contributed by atoms with Gasteiger partial charge in [0.2, 0.25) is 11.8 Å². The molecule has 37 heavy (non-hydrogen) atoms. The summed E-state index contributed by atoms with van der Waals surface area (Å²) < 4.78 is 0. The zero-order valence-corrected chi connectivity index (χ0v) is 21.9. The Morgan fingerprint density at radius 2 is 1.89 bits per heavy atom. The molecule has 6 nitrogen and oxygen atoms in total. The highest BCUT2D eigenvalue weighted by molar-refractivity contribution is 5.92. The van der Waals surface area contributed by atoms with Crippen LogP contribution in [0.1, 0.15) is 58.8 Å². The van der Waals surface area contributed by atoms with Crippen molar-refractivity contribution in [3.05, 3.63) is 70.1 Å². The molecule has 194 valence electrons. The molecule has 2 unspecified atom stereocenters. The fraction of sp³-hybridized carbons (Fsp3) is 0.548. The summed E-state index contributed by atoms with van der Waals surface area (Å²) in [5.41, 5.74) is 6.10. The van der Waals surface area contributed by atoms with E-state index in [9.17, 15) is 14.7 Å². The SMILES string of the molecule is CC1=C(C2NC3(CC3)C(=O)N2CC2CN(C(=O)C3(C)CC3)C2)CCC(C2=CC=C3C=C(O)C=CC3C2)=C1. The fourth-order valence-electron chi connectivity index (χ4n) is 6.90. The molecule has 2 saturated heterocycles. The molecule has 7 aliphatic rings. The van der Waals surface area contributed by atoms with E-state index in [-0.39, 0.29) is 23.0 Å². The van der Waals surface area contributed by atoms with Crippen LogP contribution in [-0.4, -0.2) is 58.1 Å². The number of hydrogen-bond acceptors (Lipinski definition) is 4. The Labute approximate surface area is 219 Å². The number of carbonyl (C=O) groups excluding carboxylic acids is 2. The van der Waals surface area contributed by atoms with Crippen molar-refractivity contribution in [3.8, 4) is 0 Å². The van der Waals surface area contributed by atoms with Crippen LogP contribution in [0.5, 0.6) is 0 Å². The number of allylic oxidation sites excluding steroid dienone is 10. The van der Waals surface area contributed by atoms with E-state index in [0.29, 0.717) is 23.5 Å². The normalized spacial score (nSPS) is 31.5. The van der Waals surface area contributed by atoms with Gasteiger partial charge >= 0.3 is 0 Å². The van der Waals surface area contributed by atoms with Crippen molar-refractivity contribution in [2.75, 3.05) is 19.6 Å². The number of nitrogens with zero attached hydrogens (tertiary/aromatic N) is 2. The molecule has 5 aliphatic carbocycles. The van der Waals surface area contributed by atoms with Gasteiger partial charge in [-0.25, -0.2) is 0 Å². The monoisotopic (exact) mass is 499 g/mol. The highest BCUT2D eigenvalue weighted by Crippen LogP contribution is 2.48. The fourth-order valence-corrected chi connectivity index (χ4v) is 6.90. The summed E-state index contributed by atoms with van der Waals surface area (Å²) in [6.07, 6.45) is 19.2. The zero-order valence-electron chi connectivity index (χ0n) is 21.9. The first-order valence-corrected chi connectivity index (χ1v) is 14.0. The number of aliphatic hydroxyl groups is 1. The number of carbonyl (C=O) groups is 2. The Morgan fingerprint density at radius 3 is 2.59 bits per heavy atom. The van der Waals surface area contributed by atoms with Gasteiger partial charge in [-0.15, -0.1) is 0 Å². The van der Waals surface area contributed by atoms with Crippen LogP contribution < -0.4 is 5.32 Å². The topological polar surface area (TPSA) is 72.9 Å². The number of amides is 2. The summed E-state index contributed by atoms with van der Waals surface area (Å²) in [5.74, 6) is 1.60. The van der Waals surface area contributed by atoms with Crippen molar-refractivity contribution in [1.29, 1.82) is 0 Å². The lowest BCUT2D eigenvalue weighted by Gasteiger charge is -2.43. The van der Waals surface area contributed by atoms with Gasteiger partial charge in [-0.3, -0.25) is 14.9 Å². The molecule has 0 aromatic carbocycles. The van der Waals surface area contributed by atoms with Crippen molar-refractivity contribution >= 4 is 11.8 Å². The van der Waals surface area contributed by atoms with Crippen LogP contribution in [0.3, 0.4) is 0 Å². The molecule has 0 aromatic heterocycles. The summed E-state index contributed by atoms with van der Waals surface area (Å²) in [6, 6.07) is 0. The maximum atomic E-state index is 13.5. The number of hydrogen-bond donors (Lipinski definition) is 2. The predicted octanol–water partition coefficient (Wildman–Crippen LogP) is 4.46. The Hall–Kier alpha value is -2.86. The van der Waals surface area contributed by atoms with E-state index in [0.717, 1.165) is 64.6 Å². The van der Waals surface area contributed by atoms with E-state index in [1.165, 1.54) is 27.9 Å². The van der Waals surface area contributed by atoms with Crippen molar-refractivity contribution in [2.45, 2.75) is 70.5 Å². The van der Waals surface area contributed by atoms with Crippen LogP contribution in [0.4, 0.5) is 0 Å². The van der Waals surface area contributed by atoms with Crippen molar-refractivity contribution < 1.29 is 14.7 Å². The number of rotatable bonds is 5. The molecule has 2 aliphatic heterocycles. The maximum Gasteiger partial charge on any atom is 0.244 e. The quantitative estimate of drug-likeness (QED) is 0.586. The first-order chi connectivity index (χ1) is 17.7. The van der Waals surface area contributed by atoms with Crippen LogP contribution in [0, 0.1) is 17.3 Å². The summed E-state index contributed by atoms with van der Waals surface area (Å²) in [5, 5.41) is 13.5. The highest BCUT2D eigenvalue weighted by Gasteiger charge is 2.60. The molecular weight excluding hydrogens is 462 g/mol. The summed E-state index contributed by atoms with van der Waals surface area (Å²) in [4.78, 5) is 30.3. The van der Waals surface area contributed by atoms with Gasteiger partial charge in [0.25, 0.3) is 0 Å².